The number of imide groups is 1. The van der Waals surface area contributed by atoms with Crippen molar-refractivity contribution >= 4 is 29.1 Å². The molecule has 144 valence electrons. The summed E-state index contributed by atoms with van der Waals surface area (Å²) in [5.74, 6) is -0.810. The first-order valence-electron chi connectivity index (χ1n) is 9.33. The SMILES string of the molecule is CNc1cccc(NCc2ccc3c(c2)CN(C2CCC(=O)NC2=O)C3=O)c1. The standard InChI is InChI=1S/C21H22N4O3/c1-22-15-3-2-4-16(10-15)23-11-13-5-6-17-14(9-13)12-25(21(17)28)18-7-8-19(26)24-20(18)27/h2-6,9-10,18,22-23H,7-8,11-12H2,1H3,(H,24,26,27). The zero-order valence-electron chi connectivity index (χ0n) is 15.6. The van der Waals surface area contributed by atoms with Gasteiger partial charge in [0.1, 0.15) is 6.04 Å². The molecule has 28 heavy (non-hydrogen) atoms. The molecular formula is C21H22N4O3. The minimum absolute atomic E-state index is 0.147. The highest BCUT2D eigenvalue weighted by molar-refractivity contribution is 6.05. The Balaban J connectivity index is 1.46. The molecule has 1 fully saturated rings. The van der Waals surface area contributed by atoms with Gasteiger partial charge in [0.15, 0.2) is 0 Å². The normalized spacial score (nSPS) is 18.7. The van der Waals surface area contributed by atoms with E-state index in [-0.39, 0.29) is 24.1 Å². The highest BCUT2D eigenvalue weighted by Gasteiger charge is 2.38. The Kier molecular flexibility index (Phi) is 4.73. The van der Waals surface area contributed by atoms with Crippen LogP contribution in [0.3, 0.4) is 0 Å². The summed E-state index contributed by atoms with van der Waals surface area (Å²) in [5.41, 5.74) is 4.65. The van der Waals surface area contributed by atoms with E-state index in [1.807, 2.05) is 49.5 Å². The van der Waals surface area contributed by atoms with Gasteiger partial charge in [-0.05, 0) is 41.8 Å². The minimum Gasteiger partial charge on any atom is -0.388 e. The molecule has 1 atom stereocenters. The molecule has 2 aromatic carbocycles. The van der Waals surface area contributed by atoms with E-state index in [1.54, 1.807) is 4.90 Å². The summed E-state index contributed by atoms with van der Waals surface area (Å²) in [6.07, 6.45) is 0.637. The molecule has 1 unspecified atom stereocenters. The number of piperidine rings is 1. The van der Waals surface area contributed by atoms with Crippen molar-refractivity contribution in [2.24, 2.45) is 0 Å². The maximum absolute atomic E-state index is 12.7. The third-order valence-corrected chi connectivity index (χ3v) is 5.24. The van der Waals surface area contributed by atoms with Gasteiger partial charge in [0, 0.05) is 43.5 Å². The van der Waals surface area contributed by atoms with E-state index >= 15 is 0 Å². The van der Waals surface area contributed by atoms with Gasteiger partial charge in [0.25, 0.3) is 5.91 Å². The summed E-state index contributed by atoms with van der Waals surface area (Å²) >= 11 is 0. The van der Waals surface area contributed by atoms with Gasteiger partial charge in [-0.2, -0.15) is 0 Å². The number of carbonyl (C=O) groups is 3. The van der Waals surface area contributed by atoms with Crippen molar-refractivity contribution in [3.63, 3.8) is 0 Å². The van der Waals surface area contributed by atoms with Crippen molar-refractivity contribution in [2.75, 3.05) is 17.7 Å². The molecule has 0 bridgehead atoms. The Labute approximate surface area is 163 Å². The molecule has 0 spiro atoms. The zero-order valence-corrected chi connectivity index (χ0v) is 15.6. The van der Waals surface area contributed by atoms with E-state index < -0.39 is 6.04 Å². The minimum atomic E-state index is -0.580. The van der Waals surface area contributed by atoms with Crippen LogP contribution in [0.2, 0.25) is 0 Å². The van der Waals surface area contributed by atoms with Crippen molar-refractivity contribution in [3.05, 3.63) is 59.2 Å². The molecule has 2 aliphatic heterocycles. The fraction of sp³-hybridized carbons (Fsp3) is 0.286. The van der Waals surface area contributed by atoms with Gasteiger partial charge < -0.3 is 15.5 Å². The summed E-state index contributed by atoms with van der Waals surface area (Å²) < 4.78 is 0. The van der Waals surface area contributed by atoms with Crippen LogP contribution in [0.1, 0.15) is 34.3 Å². The van der Waals surface area contributed by atoms with Crippen molar-refractivity contribution in [2.45, 2.75) is 32.0 Å². The van der Waals surface area contributed by atoms with Gasteiger partial charge in [-0.15, -0.1) is 0 Å². The number of hydrogen-bond acceptors (Lipinski definition) is 5. The highest BCUT2D eigenvalue weighted by atomic mass is 16.2. The number of rotatable bonds is 5. The van der Waals surface area contributed by atoms with Crippen molar-refractivity contribution in [1.82, 2.24) is 10.2 Å². The predicted molar refractivity (Wildman–Crippen MR) is 106 cm³/mol. The highest BCUT2D eigenvalue weighted by Crippen LogP contribution is 2.28. The molecule has 2 heterocycles. The molecule has 2 aliphatic rings. The van der Waals surface area contributed by atoms with Crippen LogP contribution in [0.25, 0.3) is 0 Å². The van der Waals surface area contributed by atoms with Crippen LogP contribution in [-0.4, -0.2) is 35.7 Å². The molecule has 7 heteroatoms. The van der Waals surface area contributed by atoms with E-state index in [9.17, 15) is 14.4 Å². The average molecular weight is 378 g/mol. The van der Waals surface area contributed by atoms with Crippen LogP contribution < -0.4 is 16.0 Å². The second-order valence-corrected chi connectivity index (χ2v) is 7.08. The number of fused-ring (bicyclic) bond motifs is 1. The first-order chi connectivity index (χ1) is 13.5. The summed E-state index contributed by atoms with van der Waals surface area (Å²) in [7, 11) is 1.88. The Morgan fingerprint density at radius 3 is 2.71 bits per heavy atom. The van der Waals surface area contributed by atoms with Crippen LogP contribution in [0.5, 0.6) is 0 Å². The molecule has 1 saturated heterocycles. The summed E-state index contributed by atoms with van der Waals surface area (Å²) in [6.45, 7) is 1.02. The second kappa shape index (κ2) is 7.34. The summed E-state index contributed by atoms with van der Waals surface area (Å²) in [6, 6.07) is 13.2. The van der Waals surface area contributed by atoms with E-state index in [4.69, 9.17) is 0 Å². The molecule has 4 rings (SSSR count). The maximum atomic E-state index is 12.7. The van der Waals surface area contributed by atoms with Gasteiger partial charge in [-0.1, -0.05) is 18.2 Å². The summed E-state index contributed by atoms with van der Waals surface area (Å²) in [4.78, 5) is 37.8. The molecule has 7 nitrogen and oxygen atoms in total. The third kappa shape index (κ3) is 3.43. The summed E-state index contributed by atoms with van der Waals surface area (Å²) in [5, 5.41) is 8.82. The first-order valence-corrected chi connectivity index (χ1v) is 9.33. The lowest BCUT2D eigenvalue weighted by Crippen LogP contribution is -2.52. The number of hydrogen-bond donors (Lipinski definition) is 3. The molecule has 0 aliphatic carbocycles. The molecule has 2 aromatic rings. The molecule has 0 radical (unpaired) electrons. The Bertz CT molecular complexity index is 956. The van der Waals surface area contributed by atoms with E-state index in [2.05, 4.69) is 16.0 Å². The molecule has 0 aromatic heterocycles. The fourth-order valence-corrected chi connectivity index (χ4v) is 3.73. The van der Waals surface area contributed by atoms with Crippen molar-refractivity contribution in [3.8, 4) is 0 Å². The Hall–Kier alpha value is -3.35. The van der Waals surface area contributed by atoms with Gasteiger partial charge in [-0.3, -0.25) is 19.7 Å². The number of anilines is 2. The fourth-order valence-electron chi connectivity index (χ4n) is 3.73. The van der Waals surface area contributed by atoms with Gasteiger partial charge in [0.2, 0.25) is 11.8 Å². The van der Waals surface area contributed by atoms with Crippen LogP contribution in [0.4, 0.5) is 11.4 Å². The first kappa shape index (κ1) is 18.0. The number of nitrogens with one attached hydrogen (secondary N) is 3. The smallest absolute Gasteiger partial charge is 0.255 e. The van der Waals surface area contributed by atoms with Crippen molar-refractivity contribution in [1.29, 1.82) is 0 Å². The van der Waals surface area contributed by atoms with Gasteiger partial charge >= 0.3 is 0 Å². The predicted octanol–water partition coefficient (Wildman–Crippen LogP) is 2.10. The van der Waals surface area contributed by atoms with Gasteiger partial charge in [-0.25, -0.2) is 0 Å². The number of nitrogens with zero attached hydrogens (tertiary/aromatic N) is 1. The molecule has 3 N–H and O–H groups in total. The van der Waals surface area contributed by atoms with E-state index in [0.717, 1.165) is 22.5 Å². The Morgan fingerprint density at radius 1 is 1.11 bits per heavy atom. The molecule has 0 saturated carbocycles. The molecule has 3 amide bonds. The Morgan fingerprint density at radius 2 is 1.93 bits per heavy atom. The van der Waals surface area contributed by atoms with Crippen LogP contribution >= 0.6 is 0 Å². The second-order valence-electron chi connectivity index (χ2n) is 7.08. The largest absolute Gasteiger partial charge is 0.388 e. The maximum Gasteiger partial charge on any atom is 0.255 e. The quantitative estimate of drug-likeness (QED) is 0.693. The number of amides is 3. The molecular weight excluding hydrogens is 356 g/mol. The van der Waals surface area contributed by atoms with E-state index in [0.29, 0.717) is 25.1 Å². The topological polar surface area (TPSA) is 90.5 Å². The zero-order chi connectivity index (χ0) is 19.7. The van der Waals surface area contributed by atoms with Gasteiger partial charge in [0.05, 0.1) is 0 Å². The monoisotopic (exact) mass is 378 g/mol. The van der Waals surface area contributed by atoms with Crippen LogP contribution in [-0.2, 0) is 22.7 Å². The van der Waals surface area contributed by atoms with Crippen molar-refractivity contribution < 1.29 is 14.4 Å². The lowest BCUT2D eigenvalue weighted by molar-refractivity contribution is -0.136. The third-order valence-electron chi connectivity index (χ3n) is 5.24. The number of carbonyl (C=O) groups excluding carboxylic acids is 3. The lowest BCUT2D eigenvalue weighted by atomic mass is 10.0. The number of benzene rings is 2. The van der Waals surface area contributed by atoms with Crippen LogP contribution in [0, 0.1) is 0 Å². The van der Waals surface area contributed by atoms with Crippen LogP contribution in [0.15, 0.2) is 42.5 Å². The average Bonchev–Trinajstić information content (AvgIpc) is 3.02. The van der Waals surface area contributed by atoms with E-state index in [1.165, 1.54) is 0 Å². The lowest BCUT2D eigenvalue weighted by Gasteiger charge is -2.29.